The monoisotopic (exact) mass is 910 g/mol. The summed E-state index contributed by atoms with van der Waals surface area (Å²) in [5.74, 6) is -0.914. The number of phosphoric ester groups is 1. The zero-order chi connectivity index (χ0) is 46.5. The van der Waals surface area contributed by atoms with Gasteiger partial charge in [-0.3, -0.25) is 14.2 Å². The minimum atomic E-state index is -4.65. The van der Waals surface area contributed by atoms with Gasteiger partial charge in [0, 0.05) is 12.8 Å². The van der Waals surface area contributed by atoms with Gasteiger partial charge in [-0.05, 0) is 51.4 Å². The van der Waals surface area contributed by atoms with Crippen LogP contribution < -0.4 is 4.89 Å². The molecule has 10 nitrogen and oxygen atoms in total. The molecule has 0 aliphatic carbocycles. The van der Waals surface area contributed by atoms with Crippen molar-refractivity contribution in [1.29, 1.82) is 0 Å². The Labute approximate surface area is 386 Å². The van der Waals surface area contributed by atoms with E-state index < -0.39 is 32.5 Å². The van der Waals surface area contributed by atoms with Crippen molar-refractivity contribution in [2.24, 2.45) is 0 Å². The number of nitrogens with zero attached hydrogens (tertiary/aromatic N) is 1. The molecule has 0 aliphatic rings. The molecule has 63 heavy (non-hydrogen) atoms. The van der Waals surface area contributed by atoms with Gasteiger partial charge in [-0.2, -0.15) is 0 Å². The largest absolute Gasteiger partial charge is 0.756 e. The van der Waals surface area contributed by atoms with Crippen LogP contribution in [0.15, 0.2) is 48.6 Å². The number of unbranched alkanes of at least 4 members (excludes halogenated alkanes) is 21. The van der Waals surface area contributed by atoms with Crippen LogP contribution in [0.3, 0.4) is 0 Å². The van der Waals surface area contributed by atoms with E-state index in [9.17, 15) is 24.2 Å². The standard InChI is InChI=1S/C52H96NO9P/c1-6-8-9-10-11-12-13-14-15-16-17-18-19-20-21-24-27-30-33-36-39-43-51(55)59-47-50(48-61-63(57,58)60-46-45-53(3,4)5)62-52(56)44-40-37-34-31-28-25-22-23-26-29-32-35-38-42-49(54)41-7-2/h22,25-26,29,31,34-35,38,49-50,54H,6-21,23-24,27-28,30,32-33,36-37,39-48H2,1-5H3/b25-22-,29-26-,34-31-,38-35-/t49?,50-/m1/s1. The number of allylic oxidation sites excluding steroid dienone is 7. The van der Waals surface area contributed by atoms with Gasteiger partial charge >= 0.3 is 11.9 Å². The van der Waals surface area contributed by atoms with Crippen molar-refractivity contribution in [1.82, 2.24) is 0 Å². The molecule has 1 N–H and O–H groups in total. The summed E-state index contributed by atoms with van der Waals surface area (Å²) < 4.78 is 33.9. The third-order valence-electron chi connectivity index (χ3n) is 10.9. The first-order valence-electron chi connectivity index (χ1n) is 25.4. The number of aliphatic hydroxyl groups excluding tert-OH is 1. The fourth-order valence-corrected chi connectivity index (χ4v) is 7.69. The number of hydrogen-bond acceptors (Lipinski definition) is 9. The van der Waals surface area contributed by atoms with Crippen LogP contribution in [0.1, 0.15) is 213 Å². The van der Waals surface area contributed by atoms with Crippen molar-refractivity contribution < 1.29 is 47.2 Å². The lowest BCUT2D eigenvalue weighted by Crippen LogP contribution is -2.37. The molecule has 368 valence electrons. The molecule has 2 unspecified atom stereocenters. The third kappa shape index (κ3) is 47.7. The number of phosphoric acid groups is 1. The second kappa shape index (κ2) is 43.8. The van der Waals surface area contributed by atoms with Gasteiger partial charge in [0.1, 0.15) is 19.8 Å². The summed E-state index contributed by atoms with van der Waals surface area (Å²) in [7, 11) is 1.11. The van der Waals surface area contributed by atoms with Crippen molar-refractivity contribution in [3.05, 3.63) is 48.6 Å². The highest BCUT2D eigenvalue weighted by molar-refractivity contribution is 7.45. The van der Waals surface area contributed by atoms with Crippen LogP contribution in [-0.2, 0) is 32.7 Å². The van der Waals surface area contributed by atoms with E-state index in [1.54, 1.807) is 0 Å². The molecular weight excluding hydrogens is 814 g/mol. The Morgan fingerprint density at radius 3 is 1.49 bits per heavy atom. The van der Waals surface area contributed by atoms with Crippen LogP contribution >= 0.6 is 7.82 Å². The van der Waals surface area contributed by atoms with E-state index in [4.69, 9.17) is 18.5 Å². The lowest BCUT2D eigenvalue weighted by molar-refractivity contribution is -0.870. The SMILES string of the molecule is CCCCCCCCCCCCCCCCCCCCCCCC(=O)OC[C@H](COP(=O)([O-])OCC[N+](C)(C)C)OC(=O)CCC/C=C\C/C=C\C/C=C\C/C=C\CC(O)CCC. The topological polar surface area (TPSA) is 131 Å². The number of carbonyl (C=O) groups is 2. The number of ether oxygens (including phenoxy) is 2. The van der Waals surface area contributed by atoms with Gasteiger partial charge in [-0.15, -0.1) is 0 Å². The summed E-state index contributed by atoms with van der Waals surface area (Å²) in [5.41, 5.74) is 0. The molecule has 0 heterocycles. The summed E-state index contributed by atoms with van der Waals surface area (Å²) in [6, 6.07) is 0. The van der Waals surface area contributed by atoms with Gasteiger partial charge in [0.15, 0.2) is 6.10 Å². The van der Waals surface area contributed by atoms with E-state index in [1.807, 2.05) is 33.3 Å². The lowest BCUT2D eigenvalue weighted by Gasteiger charge is -2.28. The number of rotatable bonds is 46. The lowest BCUT2D eigenvalue weighted by atomic mass is 10.0. The van der Waals surface area contributed by atoms with Gasteiger partial charge in [0.05, 0.1) is 33.9 Å². The molecule has 0 amide bonds. The van der Waals surface area contributed by atoms with Crippen molar-refractivity contribution in [3.8, 4) is 0 Å². The van der Waals surface area contributed by atoms with E-state index >= 15 is 0 Å². The van der Waals surface area contributed by atoms with Crippen LogP contribution in [-0.4, -0.2) is 81.2 Å². The number of quaternary nitrogens is 1. The number of aliphatic hydroxyl groups is 1. The minimum Gasteiger partial charge on any atom is -0.756 e. The molecule has 0 aliphatic heterocycles. The molecule has 0 saturated carbocycles. The van der Waals surface area contributed by atoms with E-state index in [1.165, 1.54) is 116 Å². The fraction of sp³-hybridized carbons (Fsp3) is 0.808. The quantitative estimate of drug-likeness (QED) is 0.0208. The molecular formula is C52H96NO9P. The molecule has 3 atom stereocenters. The fourth-order valence-electron chi connectivity index (χ4n) is 6.96. The molecule has 0 spiro atoms. The Hall–Kier alpha value is -2.07. The average Bonchev–Trinajstić information content (AvgIpc) is 3.23. The molecule has 0 aromatic rings. The predicted molar refractivity (Wildman–Crippen MR) is 260 cm³/mol. The molecule has 0 bridgehead atoms. The highest BCUT2D eigenvalue weighted by atomic mass is 31.2. The van der Waals surface area contributed by atoms with Gasteiger partial charge in [0.25, 0.3) is 7.82 Å². The molecule has 0 aromatic heterocycles. The maximum atomic E-state index is 12.7. The van der Waals surface area contributed by atoms with Crippen molar-refractivity contribution in [2.75, 3.05) is 47.5 Å². The van der Waals surface area contributed by atoms with Crippen LogP contribution in [0.2, 0.25) is 0 Å². The Kier molecular flexibility index (Phi) is 42.4. The molecule has 0 saturated heterocycles. The number of hydrogen-bond donors (Lipinski definition) is 1. The number of likely N-dealkylation sites (N-methyl/N-ethyl adjacent to an activating group) is 1. The second-order valence-corrected chi connectivity index (χ2v) is 19.8. The third-order valence-corrected chi connectivity index (χ3v) is 11.9. The Bertz CT molecular complexity index is 1230. The molecule has 0 fully saturated rings. The Balaban J connectivity index is 4.32. The van der Waals surface area contributed by atoms with Gasteiger partial charge in [-0.25, -0.2) is 0 Å². The Morgan fingerprint density at radius 2 is 1.02 bits per heavy atom. The zero-order valence-electron chi connectivity index (χ0n) is 41.1. The zero-order valence-corrected chi connectivity index (χ0v) is 42.0. The van der Waals surface area contributed by atoms with Crippen molar-refractivity contribution in [3.63, 3.8) is 0 Å². The van der Waals surface area contributed by atoms with Gasteiger partial charge < -0.3 is 33.0 Å². The Morgan fingerprint density at radius 1 is 0.571 bits per heavy atom. The summed E-state index contributed by atoms with van der Waals surface area (Å²) in [6.45, 7) is 3.98. The maximum absolute atomic E-state index is 12.7. The first-order valence-corrected chi connectivity index (χ1v) is 26.9. The highest BCUT2D eigenvalue weighted by Gasteiger charge is 2.21. The summed E-state index contributed by atoms with van der Waals surface area (Å²) in [4.78, 5) is 37.7. The number of carbonyl (C=O) groups excluding carboxylic acids is 2. The van der Waals surface area contributed by atoms with Gasteiger partial charge in [0.2, 0.25) is 0 Å². The smallest absolute Gasteiger partial charge is 0.306 e. The minimum absolute atomic E-state index is 0.0479. The van der Waals surface area contributed by atoms with Crippen LogP contribution in [0, 0.1) is 0 Å². The van der Waals surface area contributed by atoms with E-state index in [2.05, 4.69) is 50.3 Å². The van der Waals surface area contributed by atoms with E-state index in [0.717, 1.165) is 51.4 Å². The average molecular weight is 910 g/mol. The van der Waals surface area contributed by atoms with Gasteiger partial charge in [-0.1, -0.05) is 197 Å². The summed E-state index contributed by atoms with van der Waals surface area (Å²) in [5, 5.41) is 9.75. The van der Waals surface area contributed by atoms with Crippen molar-refractivity contribution in [2.45, 2.75) is 225 Å². The normalized spacial score (nSPS) is 14.3. The number of esters is 2. The van der Waals surface area contributed by atoms with E-state index in [-0.39, 0.29) is 32.2 Å². The van der Waals surface area contributed by atoms with Crippen LogP contribution in [0.4, 0.5) is 0 Å². The molecule has 0 radical (unpaired) electrons. The van der Waals surface area contributed by atoms with Crippen molar-refractivity contribution >= 4 is 19.8 Å². The molecule has 0 rings (SSSR count). The second-order valence-electron chi connectivity index (χ2n) is 18.4. The molecule has 0 aromatic carbocycles. The predicted octanol–water partition coefficient (Wildman–Crippen LogP) is 13.4. The highest BCUT2D eigenvalue weighted by Crippen LogP contribution is 2.38. The summed E-state index contributed by atoms with van der Waals surface area (Å²) in [6.07, 6.45) is 49.3. The summed E-state index contributed by atoms with van der Waals surface area (Å²) >= 11 is 0. The van der Waals surface area contributed by atoms with Crippen LogP contribution in [0.5, 0.6) is 0 Å². The maximum Gasteiger partial charge on any atom is 0.306 e. The molecule has 11 heteroatoms. The first-order chi connectivity index (χ1) is 30.4. The first kappa shape index (κ1) is 60.9. The van der Waals surface area contributed by atoms with E-state index in [0.29, 0.717) is 30.3 Å². The van der Waals surface area contributed by atoms with Crippen LogP contribution in [0.25, 0.3) is 0 Å².